The van der Waals surface area contributed by atoms with E-state index >= 15 is 0 Å². The molecule has 0 aliphatic heterocycles. The van der Waals surface area contributed by atoms with E-state index in [0.29, 0.717) is 16.8 Å². The van der Waals surface area contributed by atoms with Gasteiger partial charge in [-0.1, -0.05) is 34.1 Å². The van der Waals surface area contributed by atoms with Crippen molar-refractivity contribution in [3.63, 3.8) is 0 Å². The van der Waals surface area contributed by atoms with E-state index in [1.165, 1.54) is 12.1 Å². The van der Waals surface area contributed by atoms with Crippen molar-refractivity contribution in [3.8, 4) is 11.5 Å². The highest BCUT2D eigenvalue weighted by Gasteiger charge is 2.04. The molecule has 0 radical (unpaired) electrons. The molecule has 4 heteroatoms. The molecule has 0 saturated carbocycles. The zero-order valence-electron chi connectivity index (χ0n) is 11.0. The van der Waals surface area contributed by atoms with Crippen LogP contribution in [-0.4, -0.2) is 5.11 Å². The number of ether oxygens (including phenoxy) is 1. The van der Waals surface area contributed by atoms with Gasteiger partial charge in [0.2, 0.25) is 0 Å². The maximum Gasteiger partial charge on any atom is 0.124 e. The van der Waals surface area contributed by atoms with Crippen LogP contribution in [0, 0.1) is 5.82 Å². The molecule has 0 aromatic heterocycles. The smallest absolute Gasteiger partial charge is 0.124 e. The number of rotatable bonds is 3. The van der Waals surface area contributed by atoms with Crippen LogP contribution in [0.3, 0.4) is 0 Å². The summed E-state index contributed by atoms with van der Waals surface area (Å²) in [4.78, 5) is 0. The molecule has 0 saturated heterocycles. The summed E-state index contributed by atoms with van der Waals surface area (Å²) in [6.45, 7) is 0.338. The van der Waals surface area contributed by atoms with Gasteiger partial charge >= 0.3 is 0 Å². The minimum atomic E-state index is -0.285. The van der Waals surface area contributed by atoms with E-state index in [-0.39, 0.29) is 11.6 Å². The first-order valence-electron chi connectivity index (χ1n) is 6.41. The second-order valence-corrected chi connectivity index (χ2v) is 5.57. The average molecular weight is 347 g/mol. The first-order chi connectivity index (χ1) is 10.1. The van der Waals surface area contributed by atoms with Crippen molar-refractivity contribution in [2.45, 2.75) is 6.61 Å². The maximum atomic E-state index is 13.0. The number of fused-ring (bicyclic) bond motifs is 1. The van der Waals surface area contributed by atoms with Crippen molar-refractivity contribution in [2.24, 2.45) is 0 Å². The fraction of sp³-hybridized carbons (Fsp3) is 0.0588. The van der Waals surface area contributed by atoms with Crippen molar-refractivity contribution >= 4 is 26.7 Å². The SMILES string of the molecule is Oc1ccc2ccc(OCc3ccc(F)cc3Br)cc2c1. The Kier molecular flexibility index (Phi) is 3.80. The van der Waals surface area contributed by atoms with Crippen LogP contribution in [-0.2, 0) is 6.61 Å². The van der Waals surface area contributed by atoms with Crippen molar-refractivity contribution < 1.29 is 14.2 Å². The predicted molar refractivity (Wildman–Crippen MR) is 84.0 cm³/mol. The number of hydrogen-bond donors (Lipinski definition) is 1. The maximum absolute atomic E-state index is 13.0. The van der Waals surface area contributed by atoms with Gasteiger partial charge in [0, 0.05) is 10.0 Å². The molecule has 0 bridgehead atoms. The lowest BCUT2D eigenvalue weighted by Crippen LogP contribution is -1.96. The van der Waals surface area contributed by atoms with Gasteiger partial charge in [-0.2, -0.15) is 0 Å². The Balaban J connectivity index is 1.81. The Bertz CT molecular complexity index is 802. The number of phenolic OH excluding ortho intramolecular Hbond substituents is 1. The van der Waals surface area contributed by atoms with Gasteiger partial charge in [0.1, 0.15) is 23.9 Å². The highest BCUT2D eigenvalue weighted by molar-refractivity contribution is 9.10. The van der Waals surface area contributed by atoms with Gasteiger partial charge in [0.25, 0.3) is 0 Å². The summed E-state index contributed by atoms with van der Waals surface area (Å²) >= 11 is 3.32. The third-order valence-corrected chi connectivity index (χ3v) is 3.94. The van der Waals surface area contributed by atoms with Gasteiger partial charge in [0.15, 0.2) is 0 Å². The van der Waals surface area contributed by atoms with Gasteiger partial charge in [-0.15, -0.1) is 0 Å². The lowest BCUT2D eigenvalue weighted by molar-refractivity contribution is 0.305. The van der Waals surface area contributed by atoms with E-state index < -0.39 is 0 Å². The normalized spacial score (nSPS) is 10.8. The molecule has 0 unspecified atom stereocenters. The summed E-state index contributed by atoms with van der Waals surface area (Å²) in [6.07, 6.45) is 0. The summed E-state index contributed by atoms with van der Waals surface area (Å²) < 4.78 is 19.4. The topological polar surface area (TPSA) is 29.5 Å². The molecule has 0 spiro atoms. The predicted octanol–water partition coefficient (Wildman–Crippen LogP) is 5.03. The molecule has 0 heterocycles. The molecular weight excluding hydrogens is 335 g/mol. The second-order valence-electron chi connectivity index (χ2n) is 4.72. The van der Waals surface area contributed by atoms with Gasteiger partial charge in [-0.05, 0) is 47.2 Å². The van der Waals surface area contributed by atoms with Crippen LogP contribution in [0.2, 0.25) is 0 Å². The van der Waals surface area contributed by atoms with Crippen molar-refractivity contribution in [2.75, 3.05) is 0 Å². The molecule has 3 rings (SSSR count). The zero-order valence-corrected chi connectivity index (χ0v) is 12.6. The summed E-state index contributed by atoms with van der Waals surface area (Å²) in [5.74, 6) is 0.636. The van der Waals surface area contributed by atoms with E-state index in [0.717, 1.165) is 16.3 Å². The number of benzene rings is 3. The van der Waals surface area contributed by atoms with E-state index in [9.17, 15) is 9.50 Å². The second kappa shape index (κ2) is 5.74. The molecule has 21 heavy (non-hydrogen) atoms. The molecule has 3 aromatic rings. The highest BCUT2D eigenvalue weighted by atomic mass is 79.9. The number of phenols is 1. The van der Waals surface area contributed by atoms with Crippen molar-refractivity contribution in [1.82, 2.24) is 0 Å². The van der Waals surface area contributed by atoms with E-state index in [1.54, 1.807) is 18.2 Å². The monoisotopic (exact) mass is 346 g/mol. The Hall–Kier alpha value is -2.07. The van der Waals surface area contributed by atoms with Crippen molar-refractivity contribution in [3.05, 3.63) is 70.5 Å². The fourth-order valence-electron chi connectivity index (χ4n) is 2.10. The Morgan fingerprint density at radius 3 is 2.57 bits per heavy atom. The van der Waals surface area contributed by atoms with Crippen LogP contribution in [0.25, 0.3) is 10.8 Å². The first kappa shape index (κ1) is 13.9. The van der Waals surface area contributed by atoms with Crippen LogP contribution >= 0.6 is 15.9 Å². The van der Waals surface area contributed by atoms with Gasteiger partial charge in [0.05, 0.1) is 0 Å². The van der Waals surface area contributed by atoms with E-state index in [1.807, 2.05) is 24.3 Å². The third-order valence-electron chi connectivity index (χ3n) is 3.20. The average Bonchev–Trinajstić information content (AvgIpc) is 2.46. The minimum Gasteiger partial charge on any atom is -0.508 e. The van der Waals surface area contributed by atoms with Crippen LogP contribution in [0.4, 0.5) is 4.39 Å². The number of aromatic hydroxyl groups is 1. The molecule has 0 aliphatic rings. The largest absolute Gasteiger partial charge is 0.508 e. The Morgan fingerprint density at radius 1 is 0.952 bits per heavy atom. The molecule has 2 nitrogen and oxygen atoms in total. The first-order valence-corrected chi connectivity index (χ1v) is 7.21. The molecule has 106 valence electrons. The molecule has 0 aliphatic carbocycles. The van der Waals surface area contributed by atoms with Crippen LogP contribution in [0.1, 0.15) is 5.56 Å². The molecular formula is C17H12BrFO2. The van der Waals surface area contributed by atoms with Gasteiger partial charge in [-0.25, -0.2) is 4.39 Å². The lowest BCUT2D eigenvalue weighted by atomic mass is 10.1. The summed E-state index contributed by atoms with van der Waals surface area (Å²) in [5.41, 5.74) is 0.868. The summed E-state index contributed by atoms with van der Waals surface area (Å²) in [6, 6.07) is 15.4. The third kappa shape index (κ3) is 3.16. The molecule has 0 fully saturated rings. The fourth-order valence-corrected chi connectivity index (χ4v) is 2.57. The molecule has 1 N–H and O–H groups in total. The summed E-state index contributed by atoms with van der Waals surface area (Å²) in [7, 11) is 0. The van der Waals surface area contributed by atoms with Crippen LogP contribution < -0.4 is 4.74 Å². The summed E-state index contributed by atoms with van der Waals surface area (Å²) in [5, 5.41) is 11.4. The zero-order chi connectivity index (χ0) is 14.8. The van der Waals surface area contributed by atoms with Gasteiger partial charge in [-0.3, -0.25) is 0 Å². The quantitative estimate of drug-likeness (QED) is 0.720. The van der Waals surface area contributed by atoms with E-state index in [2.05, 4.69) is 15.9 Å². The molecule has 0 atom stereocenters. The Morgan fingerprint density at radius 2 is 1.76 bits per heavy atom. The number of hydrogen-bond acceptors (Lipinski definition) is 2. The van der Waals surface area contributed by atoms with Crippen LogP contribution in [0.5, 0.6) is 11.5 Å². The molecule has 3 aromatic carbocycles. The Labute approximate surface area is 129 Å². The lowest BCUT2D eigenvalue weighted by Gasteiger charge is -2.09. The minimum absolute atomic E-state index is 0.223. The molecule has 0 amide bonds. The van der Waals surface area contributed by atoms with Gasteiger partial charge < -0.3 is 9.84 Å². The highest BCUT2D eigenvalue weighted by Crippen LogP contribution is 2.26. The van der Waals surface area contributed by atoms with Crippen LogP contribution in [0.15, 0.2) is 59.1 Å². The van der Waals surface area contributed by atoms with Crippen molar-refractivity contribution in [1.29, 1.82) is 0 Å². The number of halogens is 2. The van der Waals surface area contributed by atoms with E-state index in [4.69, 9.17) is 4.74 Å². The standard InChI is InChI=1S/C17H12BrFO2/c18-17-9-14(19)4-1-12(17)10-21-16-6-3-11-2-5-15(20)7-13(11)8-16/h1-9,20H,10H2.